The Morgan fingerprint density at radius 1 is 1.29 bits per heavy atom. The molecule has 17 heavy (non-hydrogen) atoms. The van der Waals surface area contributed by atoms with Crippen molar-refractivity contribution in [2.24, 2.45) is 5.92 Å². The largest absolute Gasteiger partial charge is 0.384 e. The number of fused-ring (bicyclic) bond motifs is 1. The molecule has 0 aliphatic heterocycles. The van der Waals surface area contributed by atoms with Gasteiger partial charge in [0.25, 0.3) is 0 Å². The third kappa shape index (κ3) is 3.00. The highest BCUT2D eigenvalue weighted by Crippen LogP contribution is 2.24. The zero-order valence-electron chi connectivity index (χ0n) is 10.5. The number of benzene rings is 1. The van der Waals surface area contributed by atoms with Crippen molar-refractivity contribution in [1.29, 1.82) is 5.26 Å². The number of anilines is 1. The summed E-state index contributed by atoms with van der Waals surface area (Å²) in [5.41, 5.74) is 4.17. The molecule has 2 nitrogen and oxygen atoms in total. The van der Waals surface area contributed by atoms with E-state index < -0.39 is 0 Å². The van der Waals surface area contributed by atoms with Crippen LogP contribution < -0.4 is 5.32 Å². The van der Waals surface area contributed by atoms with E-state index in [1.165, 1.54) is 42.5 Å². The van der Waals surface area contributed by atoms with Gasteiger partial charge in [0, 0.05) is 12.2 Å². The predicted octanol–water partition coefficient (Wildman–Crippen LogP) is 3.53. The molecule has 0 aromatic heterocycles. The topological polar surface area (TPSA) is 35.8 Å². The van der Waals surface area contributed by atoms with Crippen LogP contribution >= 0.6 is 0 Å². The fourth-order valence-electron chi connectivity index (χ4n) is 2.37. The first kappa shape index (κ1) is 12.0. The molecule has 1 atom stereocenters. The van der Waals surface area contributed by atoms with Gasteiger partial charge in [0.2, 0.25) is 0 Å². The monoisotopic (exact) mass is 228 g/mol. The lowest BCUT2D eigenvalue weighted by Gasteiger charge is -2.17. The van der Waals surface area contributed by atoms with Crippen molar-refractivity contribution in [3.8, 4) is 6.07 Å². The van der Waals surface area contributed by atoms with Crippen molar-refractivity contribution in [2.45, 2.75) is 39.0 Å². The lowest BCUT2D eigenvalue weighted by molar-refractivity contribution is 0.672. The first-order valence-corrected chi connectivity index (χ1v) is 6.58. The Labute approximate surface area is 104 Å². The number of hydrogen-bond acceptors (Lipinski definition) is 2. The maximum Gasteiger partial charge on any atom is 0.0674 e. The molecule has 0 heterocycles. The minimum absolute atomic E-state index is 0.117. The first-order chi connectivity index (χ1) is 8.33. The van der Waals surface area contributed by atoms with Gasteiger partial charge in [-0.1, -0.05) is 13.0 Å². The molecular weight excluding hydrogens is 208 g/mol. The SMILES string of the molecule is CCC(C#N)CNc1ccc2c(c1)CCCC2. The second kappa shape index (κ2) is 5.72. The molecule has 1 aromatic rings. The number of nitrogens with one attached hydrogen (secondary N) is 1. The van der Waals surface area contributed by atoms with Crippen molar-refractivity contribution in [1.82, 2.24) is 0 Å². The molecule has 0 fully saturated rings. The maximum atomic E-state index is 8.91. The van der Waals surface area contributed by atoms with Crippen molar-refractivity contribution >= 4 is 5.69 Å². The third-order valence-electron chi connectivity index (χ3n) is 3.58. The Balaban J connectivity index is 2.00. The number of nitrogens with zero attached hydrogens (tertiary/aromatic N) is 1. The predicted molar refractivity (Wildman–Crippen MR) is 71.0 cm³/mol. The Hall–Kier alpha value is -1.49. The van der Waals surface area contributed by atoms with Gasteiger partial charge in [-0.3, -0.25) is 0 Å². The summed E-state index contributed by atoms with van der Waals surface area (Å²) < 4.78 is 0. The van der Waals surface area contributed by atoms with Crippen LogP contribution in [0.5, 0.6) is 0 Å². The van der Waals surface area contributed by atoms with Crippen LogP contribution in [0.3, 0.4) is 0 Å². The number of rotatable bonds is 4. The highest BCUT2D eigenvalue weighted by Gasteiger charge is 2.10. The van der Waals surface area contributed by atoms with Gasteiger partial charge in [0.1, 0.15) is 0 Å². The summed E-state index contributed by atoms with van der Waals surface area (Å²) in [6, 6.07) is 8.97. The average Bonchev–Trinajstić information content (AvgIpc) is 2.40. The molecule has 0 saturated heterocycles. The molecule has 2 rings (SSSR count). The lowest BCUT2D eigenvalue weighted by atomic mass is 9.91. The third-order valence-corrected chi connectivity index (χ3v) is 3.58. The van der Waals surface area contributed by atoms with Crippen molar-refractivity contribution in [3.63, 3.8) is 0 Å². The van der Waals surface area contributed by atoms with E-state index in [2.05, 4.69) is 36.5 Å². The Morgan fingerprint density at radius 3 is 2.76 bits per heavy atom. The van der Waals surface area contributed by atoms with Gasteiger partial charge in [-0.25, -0.2) is 0 Å². The number of aryl methyl sites for hydroxylation is 2. The maximum absolute atomic E-state index is 8.91. The van der Waals surface area contributed by atoms with Crippen LogP contribution in [0, 0.1) is 17.2 Å². The van der Waals surface area contributed by atoms with E-state index in [9.17, 15) is 0 Å². The zero-order chi connectivity index (χ0) is 12.1. The summed E-state index contributed by atoms with van der Waals surface area (Å²) in [4.78, 5) is 0. The molecule has 1 N–H and O–H groups in total. The fourth-order valence-corrected chi connectivity index (χ4v) is 2.37. The second-order valence-electron chi connectivity index (χ2n) is 4.81. The van der Waals surface area contributed by atoms with Gasteiger partial charge in [-0.05, 0) is 55.4 Å². The Morgan fingerprint density at radius 2 is 2.06 bits per heavy atom. The Kier molecular flexibility index (Phi) is 4.03. The van der Waals surface area contributed by atoms with E-state index in [4.69, 9.17) is 5.26 Å². The first-order valence-electron chi connectivity index (χ1n) is 6.58. The molecular formula is C15H20N2. The van der Waals surface area contributed by atoms with E-state index in [0.29, 0.717) is 0 Å². The quantitative estimate of drug-likeness (QED) is 0.855. The standard InChI is InChI=1S/C15H20N2/c1-2-12(10-16)11-17-15-8-7-13-5-3-4-6-14(13)9-15/h7-9,12,17H,2-6,11H2,1H3. The molecule has 2 heteroatoms. The molecule has 1 unspecified atom stereocenters. The molecule has 1 aliphatic rings. The molecule has 0 spiro atoms. The molecule has 0 radical (unpaired) electrons. The molecule has 1 aromatic carbocycles. The van der Waals surface area contributed by atoms with Crippen LogP contribution in [0.15, 0.2) is 18.2 Å². The van der Waals surface area contributed by atoms with Gasteiger partial charge < -0.3 is 5.32 Å². The van der Waals surface area contributed by atoms with Gasteiger partial charge in [0.05, 0.1) is 12.0 Å². The lowest BCUT2D eigenvalue weighted by Crippen LogP contribution is -2.12. The summed E-state index contributed by atoms with van der Waals surface area (Å²) in [7, 11) is 0. The van der Waals surface area contributed by atoms with Crippen LogP contribution in [0.4, 0.5) is 5.69 Å². The van der Waals surface area contributed by atoms with Crippen LogP contribution in [-0.4, -0.2) is 6.54 Å². The minimum atomic E-state index is 0.117. The van der Waals surface area contributed by atoms with Gasteiger partial charge in [-0.15, -0.1) is 0 Å². The summed E-state index contributed by atoms with van der Waals surface area (Å²) >= 11 is 0. The molecule has 90 valence electrons. The van der Waals surface area contributed by atoms with Crippen molar-refractivity contribution < 1.29 is 0 Å². The van der Waals surface area contributed by atoms with E-state index in [-0.39, 0.29) is 5.92 Å². The number of hydrogen-bond donors (Lipinski definition) is 1. The molecule has 0 amide bonds. The summed E-state index contributed by atoms with van der Waals surface area (Å²) in [6.45, 7) is 2.81. The smallest absolute Gasteiger partial charge is 0.0674 e. The van der Waals surface area contributed by atoms with E-state index in [1.54, 1.807) is 0 Å². The molecule has 0 saturated carbocycles. The fraction of sp³-hybridized carbons (Fsp3) is 0.533. The summed E-state index contributed by atoms with van der Waals surface area (Å²) in [6.07, 6.45) is 5.98. The summed E-state index contributed by atoms with van der Waals surface area (Å²) in [5.74, 6) is 0.117. The van der Waals surface area contributed by atoms with Crippen LogP contribution in [0.25, 0.3) is 0 Å². The average molecular weight is 228 g/mol. The van der Waals surface area contributed by atoms with Crippen molar-refractivity contribution in [3.05, 3.63) is 29.3 Å². The van der Waals surface area contributed by atoms with Crippen molar-refractivity contribution in [2.75, 3.05) is 11.9 Å². The van der Waals surface area contributed by atoms with E-state index in [1.807, 2.05) is 0 Å². The second-order valence-corrected chi connectivity index (χ2v) is 4.81. The van der Waals surface area contributed by atoms with Gasteiger partial charge in [-0.2, -0.15) is 5.26 Å². The zero-order valence-corrected chi connectivity index (χ0v) is 10.5. The number of nitriles is 1. The normalized spacial score (nSPS) is 15.8. The minimum Gasteiger partial charge on any atom is -0.384 e. The summed E-state index contributed by atoms with van der Waals surface area (Å²) in [5, 5.41) is 12.3. The highest BCUT2D eigenvalue weighted by atomic mass is 14.9. The highest BCUT2D eigenvalue weighted by molar-refractivity contribution is 5.49. The van der Waals surface area contributed by atoms with E-state index in [0.717, 1.165) is 13.0 Å². The molecule has 1 aliphatic carbocycles. The van der Waals surface area contributed by atoms with Crippen LogP contribution in [0.2, 0.25) is 0 Å². The Bertz CT molecular complexity index is 417. The van der Waals surface area contributed by atoms with Gasteiger partial charge >= 0.3 is 0 Å². The molecule has 0 bridgehead atoms. The van der Waals surface area contributed by atoms with Gasteiger partial charge in [0.15, 0.2) is 0 Å². The van der Waals surface area contributed by atoms with Crippen LogP contribution in [-0.2, 0) is 12.8 Å². The van der Waals surface area contributed by atoms with Crippen LogP contribution in [0.1, 0.15) is 37.3 Å². The van der Waals surface area contributed by atoms with E-state index >= 15 is 0 Å².